The van der Waals surface area contributed by atoms with Crippen molar-refractivity contribution in [1.82, 2.24) is 9.88 Å². The molecule has 34 heavy (non-hydrogen) atoms. The minimum Gasteiger partial charge on any atom is -0.496 e. The van der Waals surface area contributed by atoms with Crippen molar-refractivity contribution >= 4 is 39.1 Å². The summed E-state index contributed by atoms with van der Waals surface area (Å²) in [4.78, 5) is 30.5. The van der Waals surface area contributed by atoms with Gasteiger partial charge in [0.15, 0.2) is 0 Å². The lowest BCUT2D eigenvalue weighted by Gasteiger charge is -2.44. The van der Waals surface area contributed by atoms with Crippen LogP contribution in [0.15, 0.2) is 60.0 Å². The number of benzene rings is 2. The predicted molar refractivity (Wildman–Crippen MR) is 136 cm³/mol. The van der Waals surface area contributed by atoms with Crippen LogP contribution in [0.5, 0.6) is 5.75 Å². The summed E-state index contributed by atoms with van der Waals surface area (Å²) in [6, 6.07) is 17.4. The number of hydrogen-bond donors (Lipinski definition) is 1. The van der Waals surface area contributed by atoms with Gasteiger partial charge in [-0.3, -0.25) is 14.5 Å². The van der Waals surface area contributed by atoms with E-state index in [9.17, 15) is 9.59 Å². The van der Waals surface area contributed by atoms with Crippen molar-refractivity contribution in [3.8, 4) is 5.75 Å². The molecule has 1 aliphatic heterocycles. The minimum atomic E-state index is -1.12. The molecule has 0 aliphatic carbocycles. The number of hydrogen-bond acceptors (Lipinski definition) is 4. The summed E-state index contributed by atoms with van der Waals surface area (Å²) in [7, 11) is 1.61. The van der Waals surface area contributed by atoms with Gasteiger partial charge in [0.1, 0.15) is 21.8 Å². The van der Waals surface area contributed by atoms with Gasteiger partial charge in [0.25, 0.3) is 5.91 Å². The maximum Gasteiger partial charge on any atom is 0.275 e. The monoisotopic (exact) mass is 473 g/mol. The number of carbonyl (C=O) groups is 2. The molecule has 1 N–H and O–H groups in total. The Labute approximate surface area is 202 Å². The Morgan fingerprint density at radius 1 is 1.15 bits per heavy atom. The number of nitrogens with zero attached hydrogens (tertiary/aromatic N) is 2. The second-order valence-electron chi connectivity index (χ2n) is 8.92. The number of anilines is 1. The molecule has 2 aromatic carbocycles. The Kier molecular flexibility index (Phi) is 5.44. The highest BCUT2D eigenvalue weighted by molar-refractivity contribution is 7.16. The summed E-state index contributed by atoms with van der Waals surface area (Å²) in [5.74, 6) is 0.335. The van der Waals surface area contributed by atoms with E-state index in [4.69, 9.17) is 4.74 Å². The molecule has 174 valence electrons. The van der Waals surface area contributed by atoms with Gasteiger partial charge in [0.2, 0.25) is 5.91 Å². The van der Waals surface area contributed by atoms with E-state index >= 15 is 0 Å². The third-order valence-corrected chi connectivity index (χ3v) is 7.77. The van der Waals surface area contributed by atoms with Crippen LogP contribution in [0.1, 0.15) is 34.1 Å². The van der Waals surface area contributed by atoms with Gasteiger partial charge in [-0.05, 0) is 61.5 Å². The second kappa shape index (κ2) is 8.33. The molecule has 4 aromatic rings. The number of aryl methyl sites for hydroxylation is 1. The number of amides is 2. The van der Waals surface area contributed by atoms with Gasteiger partial charge in [-0.25, -0.2) is 0 Å². The first kappa shape index (κ1) is 22.2. The zero-order chi connectivity index (χ0) is 24.0. The SMILES string of the molecule is COc1ccccc1CNC(=O)[C@]1(C)Cn2c(cc3ccsc32)C(=O)N1c1cccc(C)c1C. The van der Waals surface area contributed by atoms with Crippen LogP contribution in [-0.2, 0) is 17.9 Å². The van der Waals surface area contributed by atoms with E-state index in [0.717, 1.165) is 32.6 Å². The van der Waals surface area contributed by atoms with E-state index in [1.807, 2.05) is 85.3 Å². The quantitative estimate of drug-likeness (QED) is 0.441. The van der Waals surface area contributed by atoms with Crippen molar-refractivity contribution < 1.29 is 14.3 Å². The molecule has 1 atom stereocenters. The molecule has 1 aliphatic rings. The minimum absolute atomic E-state index is 0.168. The lowest BCUT2D eigenvalue weighted by atomic mass is 9.92. The van der Waals surface area contributed by atoms with Crippen molar-refractivity contribution in [2.24, 2.45) is 0 Å². The maximum absolute atomic E-state index is 14.0. The van der Waals surface area contributed by atoms with Gasteiger partial charge in [0, 0.05) is 23.2 Å². The average Bonchev–Trinajstić information content (AvgIpc) is 3.43. The Morgan fingerprint density at radius 2 is 1.94 bits per heavy atom. The molecule has 0 unspecified atom stereocenters. The lowest BCUT2D eigenvalue weighted by molar-refractivity contribution is -0.126. The Balaban J connectivity index is 1.59. The maximum atomic E-state index is 14.0. The zero-order valence-electron chi connectivity index (χ0n) is 19.7. The van der Waals surface area contributed by atoms with Crippen molar-refractivity contribution in [2.75, 3.05) is 12.0 Å². The lowest BCUT2D eigenvalue weighted by Crippen LogP contribution is -2.64. The number of rotatable bonds is 5. The van der Waals surface area contributed by atoms with E-state index in [1.165, 1.54) is 0 Å². The smallest absolute Gasteiger partial charge is 0.275 e. The second-order valence-corrected chi connectivity index (χ2v) is 9.82. The normalized spacial score (nSPS) is 17.6. The molecule has 0 bridgehead atoms. The molecule has 3 heterocycles. The third kappa shape index (κ3) is 3.39. The van der Waals surface area contributed by atoms with Crippen LogP contribution in [0.4, 0.5) is 5.69 Å². The van der Waals surface area contributed by atoms with Crippen LogP contribution < -0.4 is 15.0 Å². The number of aromatic nitrogens is 1. The summed E-state index contributed by atoms with van der Waals surface area (Å²) in [6.07, 6.45) is 0. The van der Waals surface area contributed by atoms with Crippen molar-refractivity contribution in [2.45, 2.75) is 39.4 Å². The molecule has 0 fully saturated rings. The van der Waals surface area contributed by atoms with Gasteiger partial charge in [-0.1, -0.05) is 30.3 Å². The highest BCUT2D eigenvalue weighted by Crippen LogP contribution is 2.39. The van der Waals surface area contributed by atoms with Gasteiger partial charge in [-0.15, -0.1) is 11.3 Å². The predicted octanol–water partition coefficient (Wildman–Crippen LogP) is 5.06. The van der Waals surface area contributed by atoms with Crippen molar-refractivity contribution in [1.29, 1.82) is 0 Å². The fourth-order valence-corrected chi connectivity index (χ4v) is 5.66. The summed E-state index contributed by atoms with van der Waals surface area (Å²) < 4.78 is 7.43. The molecule has 0 saturated carbocycles. The molecule has 2 amide bonds. The van der Waals surface area contributed by atoms with E-state index in [2.05, 4.69) is 5.32 Å². The molecule has 0 radical (unpaired) electrons. The highest BCUT2D eigenvalue weighted by atomic mass is 32.1. The first-order chi connectivity index (χ1) is 16.3. The Morgan fingerprint density at radius 3 is 2.74 bits per heavy atom. The molecular weight excluding hydrogens is 446 g/mol. The van der Waals surface area contributed by atoms with Gasteiger partial charge in [-0.2, -0.15) is 0 Å². The third-order valence-electron chi connectivity index (χ3n) is 6.82. The summed E-state index contributed by atoms with van der Waals surface area (Å²) in [5.41, 5.74) is 3.18. The van der Waals surface area contributed by atoms with Crippen LogP contribution in [0.25, 0.3) is 10.2 Å². The van der Waals surface area contributed by atoms with Gasteiger partial charge in [0.05, 0.1) is 13.7 Å². The first-order valence-electron chi connectivity index (χ1n) is 11.2. The van der Waals surface area contributed by atoms with Gasteiger partial charge >= 0.3 is 0 Å². The van der Waals surface area contributed by atoms with Crippen LogP contribution >= 0.6 is 11.3 Å². The molecule has 0 spiro atoms. The molecular formula is C27H27N3O3S. The molecule has 5 rings (SSSR count). The number of fused-ring (bicyclic) bond motifs is 3. The highest BCUT2D eigenvalue weighted by Gasteiger charge is 2.49. The van der Waals surface area contributed by atoms with Crippen LogP contribution in [0, 0.1) is 13.8 Å². The van der Waals surface area contributed by atoms with E-state index in [0.29, 0.717) is 24.5 Å². The number of methoxy groups -OCH3 is 1. The number of ether oxygens (including phenoxy) is 1. The van der Waals surface area contributed by atoms with E-state index in [1.54, 1.807) is 23.3 Å². The summed E-state index contributed by atoms with van der Waals surface area (Å²) in [6.45, 7) is 6.54. The molecule has 6 nitrogen and oxygen atoms in total. The zero-order valence-corrected chi connectivity index (χ0v) is 20.5. The molecule has 0 saturated heterocycles. The Hall–Kier alpha value is -3.58. The van der Waals surface area contributed by atoms with Gasteiger partial charge < -0.3 is 14.6 Å². The van der Waals surface area contributed by atoms with E-state index in [-0.39, 0.29) is 11.8 Å². The summed E-state index contributed by atoms with van der Waals surface area (Å²) in [5, 5.41) is 6.11. The number of nitrogens with one attached hydrogen (secondary N) is 1. The summed E-state index contributed by atoms with van der Waals surface area (Å²) >= 11 is 1.58. The van der Waals surface area contributed by atoms with Crippen LogP contribution in [0.2, 0.25) is 0 Å². The molecule has 7 heteroatoms. The van der Waals surface area contributed by atoms with E-state index < -0.39 is 5.54 Å². The fraction of sp³-hybridized carbons (Fsp3) is 0.259. The standard InChI is InChI=1S/C27H27N3O3S/c1-17-8-7-10-21(18(17)2)30-24(31)22-14-19-12-13-34-25(19)29(22)16-27(30,3)26(32)28-15-20-9-5-6-11-23(20)33-4/h5-14H,15-16H2,1-4H3,(H,28,32)/t27-/m0/s1. The first-order valence-corrected chi connectivity index (χ1v) is 12.1. The Bertz CT molecular complexity index is 1420. The number of para-hydroxylation sites is 1. The molecule has 2 aromatic heterocycles. The topological polar surface area (TPSA) is 63.6 Å². The number of carbonyl (C=O) groups excluding carboxylic acids is 2. The van der Waals surface area contributed by atoms with Crippen LogP contribution in [0.3, 0.4) is 0 Å². The number of thiophene rings is 1. The largest absolute Gasteiger partial charge is 0.496 e. The van der Waals surface area contributed by atoms with Crippen LogP contribution in [-0.4, -0.2) is 29.0 Å². The van der Waals surface area contributed by atoms with Crippen molar-refractivity contribution in [3.63, 3.8) is 0 Å². The fourth-order valence-electron chi connectivity index (χ4n) is 4.77. The van der Waals surface area contributed by atoms with Crippen molar-refractivity contribution in [3.05, 3.63) is 82.4 Å². The average molecular weight is 474 g/mol.